The summed E-state index contributed by atoms with van der Waals surface area (Å²) in [6.07, 6.45) is 0. The smallest absolute Gasteiger partial charge is 0.261 e. The van der Waals surface area contributed by atoms with Gasteiger partial charge in [-0.2, -0.15) is 0 Å². The number of halogens is 2. The zero-order chi connectivity index (χ0) is 22.6. The van der Waals surface area contributed by atoms with Gasteiger partial charge in [0.2, 0.25) is 0 Å². The van der Waals surface area contributed by atoms with Crippen LogP contribution in [0.5, 0.6) is 11.5 Å². The Morgan fingerprint density at radius 3 is 2.19 bits per heavy atom. The second kappa shape index (κ2) is 9.23. The van der Waals surface area contributed by atoms with E-state index < -0.39 is 21.7 Å². The van der Waals surface area contributed by atoms with E-state index in [1.165, 1.54) is 38.5 Å². The summed E-state index contributed by atoms with van der Waals surface area (Å²) in [5, 5.41) is 2.71. The number of hydrogen-bond donors (Lipinski definition) is 2. The number of hydrogen-bond acceptors (Lipinski definition) is 5. The number of methoxy groups -OCH3 is 2. The lowest BCUT2D eigenvalue weighted by Gasteiger charge is -2.12. The third kappa shape index (κ3) is 5.25. The van der Waals surface area contributed by atoms with Crippen molar-refractivity contribution in [3.05, 3.63) is 77.1 Å². The van der Waals surface area contributed by atoms with E-state index in [0.717, 1.165) is 18.2 Å². The maximum atomic E-state index is 13.0. The number of benzene rings is 3. The monoisotopic (exact) mass is 464 g/mol. The summed E-state index contributed by atoms with van der Waals surface area (Å²) in [6.45, 7) is 0. The maximum Gasteiger partial charge on any atom is 0.261 e. The Balaban J connectivity index is 1.86. The van der Waals surface area contributed by atoms with Gasteiger partial charge in [0.05, 0.1) is 29.7 Å². The third-order valence-electron chi connectivity index (χ3n) is 4.23. The Morgan fingerprint density at radius 1 is 0.903 bits per heavy atom. The van der Waals surface area contributed by atoms with E-state index in [-0.39, 0.29) is 21.2 Å². The summed E-state index contributed by atoms with van der Waals surface area (Å²) < 4.78 is 51.1. The summed E-state index contributed by atoms with van der Waals surface area (Å²) >= 11 is 6.13. The van der Waals surface area contributed by atoms with Crippen LogP contribution in [-0.2, 0) is 10.0 Å². The molecule has 0 heterocycles. The van der Waals surface area contributed by atoms with Gasteiger partial charge in [-0.15, -0.1) is 0 Å². The van der Waals surface area contributed by atoms with Crippen molar-refractivity contribution in [3.8, 4) is 11.5 Å². The van der Waals surface area contributed by atoms with E-state index in [0.29, 0.717) is 17.2 Å². The van der Waals surface area contributed by atoms with Gasteiger partial charge in [-0.1, -0.05) is 11.6 Å². The van der Waals surface area contributed by atoms with E-state index in [2.05, 4.69) is 10.0 Å². The molecule has 0 saturated carbocycles. The molecule has 0 radical (unpaired) electrons. The Hall–Kier alpha value is -3.30. The van der Waals surface area contributed by atoms with Gasteiger partial charge >= 0.3 is 0 Å². The van der Waals surface area contributed by atoms with Crippen molar-refractivity contribution in [2.45, 2.75) is 4.90 Å². The molecule has 0 aliphatic carbocycles. The van der Waals surface area contributed by atoms with E-state index >= 15 is 0 Å². The van der Waals surface area contributed by atoms with Crippen molar-refractivity contribution in [2.24, 2.45) is 0 Å². The van der Waals surface area contributed by atoms with Crippen molar-refractivity contribution in [3.63, 3.8) is 0 Å². The van der Waals surface area contributed by atoms with Crippen molar-refractivity contribution in [2.75, 3.05) is 24.3 Å². The minimum Gasteiger partial charge on any atom is -0.493 e. The molecule has 10 heteroatoms. The summed E-state index contributed by atoms with van der Waals surface area (Å²) in [6, 6.07) is 13.3. The molecule has 0 aromatic heterocycles. The van der Waals surface area contributed by atoms with Gasteiger partial charge in [0, 0.05) is 17.4 Å². The van der Waals surface area contributed by atoms with Crippen LogP contribution in [0.3, 0.4) is 0 Å². The van der Waals surface area contributed by atoms with Crippen LogP contribution in [0.2, 0.25) is 5.02 Å². The topological polar surface area (TPSA) is 93.7 Å². The number of carbonyl (C=O) groups excluding carboxylic acids is 1. The van der Waals surface area contributed by atoms with Crippen molar-refractivity contribution in [1.29, 1.82) is 0 Å². The molecule has 162 valence electrons. The normalized spacial score (nSPS) is 11.0. The number of sulfonamides is 1. The standard InChI is InChI=1S/C21H18ClFN2O5S/c1-29-19-10-7-15(11-20(19)30-2)24-21(26)17-12-16(8-9-18(17)22)31(27,28)25-14-5-3-13(23)4-6-14/h3-12,25H,1-2H3,(H,24,26). The molecule has 0 aliphatic rings. The minimum absolute atomic E-state index is 0.0431. The second-order valence-electron chi connectivity index (χ2n) is 6.28. The van der Waals surface area contributed by atoms with Crippen LogP contribution < -0.4 is 19.5 Å². The molecular weight excluding hydrogens is 447 g/mol. The predicted molar refractivity (Wildman–Crippen MR) is 116 cm³/mol. The van der Waals surface area contributed by atoms with Crippen LogP contribution in [0.1, 0.15) is 10.4 Å². The highest BCUT2D eigenvalue weighted by atomic mass is 35.5. The van der Waals surface area contributed by atoms with Crippen LogP contribution in [-0.4, -0.2) is 28.5 Å². The zero-order valence-electron chi connectivity index (χ0n) is 16.5. The Bertz CT molecular complexity index is 1220. The van der Waals surface area contributed by atoms with Crippen molar-refractivity contribution < 1.29 is 27.1 Å². The number of nitrogens with one attached hydrogen (secondary N) is 2. The van der Waals surface area contributed by atoms with E-state index in [9.17, 15) is 17.6 Å². The summed E-state index contributed by atoms with van der Waals surface area (Å²) in [5.41, 5.74) is 0.530. The molecule has 1 amide bonds. The quantitative estimate of drug-likeness (QED) is 0.535. The van der Waals surface area contributed by atoms with Crippen molar-refractivity contribution in [1.82, 2.24) is 0 Å². The Morgan fingerprint density at radius 2 is 1.55 bits per heavy atom. The Labute approximate surface area is 183 Å². The van der Waals surface area contributed by atoms with Gasteiger partial charge in [0.25, 0.3) is 15.9 Å². The molecule has 0 aliphatic heterocycles. The number of rotatable bonds is 7. The minimum atomic E-state index is -4.04. The molecule has 7 nitrogen and oxygen atoms in total. The molecule has 0 bridgehead atoms. The first-order valence-electron chi connectivity index (χ1n) is 8.85. The first-order chi connectivity index (χ1) is 14.7. The molecule has 3 aromatic carbocycles. The SMILES string of the molecule is COc1ccc(NC(=O)c2cc(S(=O)(=O)Nc3ccc(F)cc3)ccc2Cl)cc1OC. The number of ether oxygens (including phenoxy) is 2. The fraction of sp³-hybridized carbons (Fsp3) is 0.0952. The van der Waals surface area contributed by atoms with E-state index in [4.69, 9.17) is 21.1 Å². The van der Waals surface area contributed by atoms with Crippen LogP contribution in [0.4, 0.5) is 15.8 Å². The first kappa shape index (κ1) is 22.4. The van der Waals surface area contributed by atoms with Gasteiger partial charge in [-0.05, 0) is 54.6 Å². The van der Waals surface area contributed by atoms with Crippen molar-refractivity contribution >= 4 is 38.9 Å². The van der Waals surface area contributed by atoms with Crippen LogP contribution >= 0.6 is 11.6 Å². The lowest BCUT2D eigenvalue weighted by atomic mass is 10.2. The van der Waals surface area contributed by atoms with Crippen LogP contribution in [0, 0.1) is 5.82 Å². The molecule has 0 saturated heterocycles. The number of carbonyl (C=O) groups is 1. The highest BCUT2D eigenvalue weighted by Gasteiger charge is 2.19. The highest BCUT2D eigenvalue weighted by molar-refractivity contribution is 7.92. The predicted octanol–water partition coefficient (Wildman–Crippen LogP) is 4.55. The molecule has 3 aromatic rings. The van der Waals surface area contributed by atoms with Gasteiger partial charge in [-0.3, -0.25) is 9.52 Å². The Kier molecular flexibility index (Phi) is 6.67. The largest absolute Gasteiger partial charge is 0.493 e. The van der Waals surface area contributed by atoms with E-state index in [1.807, 2.05) is 0 Å². The fourth-order valence-corrected chi connectivity index (χ4v) is 3.98. The molecule has 0 fully saturated rings. The average molecular weight is 465 g/mol. The molecule has 2 N–H and O–H groups in total. The van der Waals surface area contributed by atoms with Gasteiger partial charge in [0.1, 0.15) is 5.82 Å². The lowest BCUT2D eigenvalue weighted by molar-refractivity contribution is 0.102. The lowest BCUT2D eigenvalue weighted by Crippen LogP contribution is -2.16. The van der Waals surface area contributed by atoms with Crippen LogP contribution in [0.25, 0.3) is 0 Å². The summed E-state index contributed by atoms with van der Waals surface area (Å²) in [7, 11) is -1.09. The van der Waals surface area contributed by atoms with Gasteiger partial charge in [-0.25, -0.2) is 12.8 Å². The zero-order valence-corrected chi connectivity index (χ0v) is 18.1. The molecule has 3 rings (SSSR count). The molecule has 0 spiro atoms. The third-order valence-corrected chi connectivity index (χ3v) is 5.94. The maximum absolute atomic E-state index is 13.0. The van der Waals surface area contributed by atoms with Crippen LogP contribution in [0.15, 0.2) is 65.6 Å². The summed E-state index contributed by atoms with van der Waals surface area (Å²) in [4.78, 5) is 12.6. The summed E-state index contributed by atoms with van der Waals surface area (Å²) in [5.74, 6) is -0.218. The second-order valence-corrected chi connectivity index (χ2v) is 8.37. The van der Waals surface area contributed by atoms with Gasteiger partial charge in [0.15, 0.2) is 11.5 Å². The number of amides is 1. The highest BCUT2D eigenvalue weighted by Crippen LogP contribution is 2.30. The molecular formula is C21H18ClFN2O5S. The number of anilines is 2. The fourth-order valence-electron chi connectivity index (χ4n) is 2.69. The molecule has 0 atom stereocenters. The molecule has 31 heavy (non-hydrogen) atoms. The molecule has 0 unspecified atom stereocenters. The van der Waals surface area contributed by atoms with E-state index in [1.54, 1.807) is 18.2 Å². The first-order valence-corrected chi connectivity index (χ1v) is 10.7. The van der Waals surface area contributed by atoms with Gasteiger partial charge < -0.3 is 14.8 Å². The average Bonchev–Trinajstić information content (AvgIpc) is 2.75.